The van der Waals surface area contributed by atoms with Crippen LogP contribution < -0.4 is 15.8 Å². The van der Waals surface area contributed by atoms with Crippen LogP contribution in [0.2, 0.25) is 10.0 Å². The summed E-state index contributed by atoms with van der Waals surface area (Å²) in [6, 6.07) is 8.26. The smallest absolute Gasteiger partial charge is 0.416 e. The Hall–Kier alpha value is -3.22. The Kier molecular flexibility index (Phi) is 7.32. The van der Waals surface area contributed by atoms with Crippen molar-refractivity contribution in [1.29, 1.82) is 5.26 Å². The van der Waals surface area contributed by atoms with Gasteiger partial charge in [-0.1, -0.05) is 29.3 Å². The first kappa shape index (κ1) is 23.1. The summed E-state index contributed by atoms with van der Waals surface area (Å²) in [6.45, 7) is -0.461. The molecule has 0 atom stereocenters. The maximum atomic E-state index is 12.8. The molecule has 0 bridgehead atoms. The van der Waals surface area contributed by atoms with E-state index >= 15 is 0 Å². The van der Waals surface area contributed by atoms with Crippen molar-refractivity contribution in [3.05, 3.63) is 63.1 Å². The van der Waals surface area contributed by atoms with Crippen LogP contribution >= 0.6 is 23.2 Å². The fourth-order valence-corrected chi connectivity index (χ4v) is 2.84. The minimum Gasteiger partial charge on any atom is -0.481 e. The van der Waals surface area contributed by atoms with Gasteiger partial charge in [0.1, 0.15) is 11.6 Å². The number of nitrogens with zero attached hydrogens (tertiary/aromatic N) is 1. The van der Waals surface area contributed by atoms with Gasteiger partial charge in [-0.05, 0) is 42.0 Å². The third kappa shape index (κ3) is 6.14. The van der Waals surface area contributed by atoms with Crippen LogP contribution in [0, 0.1) is 11.3 Å². The van der Waals surface area contributed by atoms with Crippen LogP contribution in [0.4, 0.5) is 18.9 Å². The van der Waals surface area contributed by atoms with Gasteiger partial charge in [0.2, 0.25) is 0 Å². The first-order valence-electron chi connectivity index (χ1n) is 8.02. The number of nitrogens with one attached hydrogen (secondary N) is 1. The van der Waals surface area contributed by atoms with E-state index in [1.54, 1.807) is 6.07 Å². The van der Waals surface area contributed by atoms with E-state index in [2.05, 4.69) is 5.32 Å². The Morgan fingerprint density at radius 3 is 2.37 bits per heavy atom. The molecule has 0 aliphatic rings. The molecule has 156 valence electrons. The molecular weight excluding hydrogens is 446 g/mol. The average molecular weight is 458 g/mol. The predicted molar refractivity (Wildman–Crippen MR) is 105 cm³/mol. The van der Waals surface area contributed by atoms with Crippen molar-refractivity contribution in [2.24, 2.45) is 5.73 Å². The molecule has 2 rings (SSSR count). The zero-order chi connectivity index (χ0) is 22.5. The lowest BCUT2D eigenvalue weighted by Crippen LogP contribution is -2.20. The van der Waals surface area contributed by atoms with Crippen molar-refractivity contribution in [3.63, 3.8) is 0 Å². The van der Waals surface area contributed by atoms with Crippen LogP contribution in [0.25, 0.3) is 6.08 Å². The fourth-order valence-electron chi connectivity index (χ4n) is 2.23. The lowest BCUT2D eigenvalue weighted by molar-refractivity contribution is -0.137. The normalized spacial score (nSPS) is 11.5. The second-order valence-corrected chi connectivity index (χ2v) is 6.59. The summed E-state index contributed by atoms with van der Waals surface area (Å²) in [6.07, 6.45) is -3.45. The van der Waals surface area contributed by atoms with Crippen molar-refractivity contribution >= 4 is 46.8 Å². The SMILES string of the molecule is N#C/C(=C\c1cc(Cl)c(OCC(N)=O)c(Cl)c1)C(=O)Nc1cccc(C(F)(F)F)c1. The Balaban J connectivity index is 2.26. The monoisotopic (exact) mass is 457 g/mol. The van der Waals surface area contributed by atoms with Gasteiger partial charge in [-0.15, -0.1) is 0 Å². The van der Waals surface area contributed by atoms with Gasteiger partial charge < -0.3 is 15.8 Å². The van der Waals surface area contributed by atoms with E-state index < -0.39 is 35.7 Å². The van der Waals surface area contributed by atoms with Gasteiger partial charge in [0, 0.05) is 5.69 Å². The predicted octanol–water partition coefficient (Wildman–Crippen LogP) is 4.42. The van der Waals surface area contributed by atoms with Crippen LogP contribution in [-0.2, 0) is 15.8 Å². The molecule has 0 saturated carbocycles. The number of carbonyl (C=O) groups is 2. The van der Waals surface area contributed by atoms with Crippen LogP contribution in [0.1, 0.15) is 11.1 Å². The van der Waals surface area contributed by atoms with Crippen LogP contribution in [0.3, 0.4) is 0 Å². The molecule has 0 saturated heterocycles. The lowest BCUT2D eigenvalue weighted by Gasteiger charge is -2.10. The van der Waals surface area contributed by atoms with Crippen LogP contribution in [-0.4, -0.2) is 18.4 Å². The highest BCUT2D eigenvalue weighted by Crippen LogP contribution is 2.35. The molecule has 0 unspecified atom stereocenters. The number of hydrogen-bond donors (Lipinski definition) is 2. The Bertz CT molecular complexity index is 1040. The summed E-state index contributed by atoms with van der Waals surface area (Å²) in [7, 11) is 0. The number of primary amides is 1. The van der Waals surface area contributed by atoms with Crippen molar-refractivity contribution in [1.82, 2.24) is 0 Å². The molecule has 2 aromatic rings. The number of hydrogen-bond acceptors (Lipinski definition) is 4. The van der Waals surface area contributed by atoms with Crippen molar-refractivity contribution in [2.45, 2.75) is 6.18 Å². The van der Waals surface area contributed by atoms with E-state index in [0.29, 0.717) is 0 Å². The van der Waals surface area contributed by atoms with Gasteiger partial charge >= 0.3 is 6.18 Å². The van der Waals surface area contributed by atoms with Crippen LogP contribution in [0.15, 0.2) is 42.0 Å². The number of nitrogens with two attached hydrogens (primary N) is 1. The summed E-state index contributed by atoms with van der Waals surface area (Å²) in [5.41, 5.74) is 3.72. The molecule has 0 heterocycles. The number of rotatable bonds is 6. The fraction of sp³-hybridized carbons (Fsp3) is 0.105. The molecule has 0 aliphatic carbocycles. The van der Waals surface area contributed by atoms with Crippen molar-refractivity contribution in [2.75, 3.05) is 11.9 Å². The summed E-state index contributed by atoms with van der Waals surface area (Å²) in [5.74, 6) is -1.69. The highest BCUT2D eigenvalue weighted by molar-refractivity contribution is 6.37. The largest absolute Gasteiger partial charge is 0.481 e. The molecule has 2 amide bonds. The Morgan fingerprint density at radius 1 is 1.20 bits per heavy atom. The van der Waals surface area contributed by atoms with Gasteiger partial charge in [0.15, 0.2) is 12.4 Å². The molecule has 2 aromatic carbocycles. The van der Waals surface area contributed by atoms with Gasteiger partial charge in [-0.3, -0.25) is 9.59 Å². The minimum absolute atomic E-state index is 0.00873. The number of nitriles is 1. The van der Waals surface area contributed by atoms with E-state index in [0.717, 1.165) is 24.3 Å². The Labute approximate surface area is 178 Å². The highest BCUT2D eigenvalue weighted by atomic mass is 35.5. The number of carbonyl (C=O) groups excluding carboxylic acids is 2. The molecule has 0 spiro atoms. The molecule has 11 heteroatoms. The third-order valence-corrected chi connectivity index (χ3v) is 4.06. The average Bonchev–Trinajstić information content (AvgIpc) is 2.64. The summed E-state index contributed by atoms with van der Waals surface area (Å²) in [4.78, 5) is 23.1. The van der Waals surface area contributed by atoms with Crippen molar-refractivity contribution < 1.29 is 27.5 Å². The molecular formula is C19H12Cl2F3N3O3. The molecule has 6 nitrogen and oxygen atoms in total. The van der Waals surface area contributed by atoms with E-state index in [4.69, 9.17) is 33.7 Å². The summed E-state index contributed by atoms with van der Waals surface area (Å²) >= 11 is 12.1. The lowest BCUT2D eigenvalue weighted by atomic mass is 10.1. The number of halogens is 5. The number of ether oxygens (including phenoxy) is 1. The minimum atomic E-state index is -4.58. The van der Waals surface area contributed by atoms with Gasteiger partial charge in [0.25, 0.3) is 11.8 Å². The van der Waals surface area contributed by atoms with E-state index in [1.807, 2.05) is 0 Å². The highest BCUT2D eigenvalue weighted by Gasteiger charge is 2.30. The maximum Gasteiger partial charge on any atom is 0.416 e. The number of benzene rings is 2. The van der Waals surface area contributed by atoms with E-state index in [9.17, 15) is 28.0 Å². The third-order valence-electron chi connectivity index (χ3n) is 3.50. The standard InChI is InChI=1S/C19H12Cl2F3N3O3/c20-14-5-10(6-15(21)17(14)30-9-16(26)28)4-11(8-25)18(29)27-13-3-1-2-12(7-13)19(22,23)24/h1-7H,9H2,(H2,26,28)(H,27,29)/b11-4+. The Morgan fingerprint density at radius 2 is 1.83 bits per heavy atom. The zero-order valence-electron chi connectivity index (χ0n) is 14.9. The molecule has 0 aromatic heterocycles. The van der Waals surface area contributed by atoms with Gasteiger partial charge in [-0.2, -0.15) is 18.4 Å². The van der Waals surface area contributed by atoms with Crippen molar-refractivity contribution in [3.8, 4) is 11.8 Å². The molecule has 3 N–H and O–H groups in total. The molecule has 0 radical (unpaired) electrons. The maximum absolute atomic E-state index is 12.8. The van der Waals surface area contributed by atoms with Gasteiger partial charge in [0.05, 0.1) is 15.6 Å². The topological polar surface area (TPSA) is 105 Å². The quantitative estimate of drug-likeness (QED) is 0.494. The molecule has 0 aliphatic heterocycles. The second-order valence-electron chi connectivity index (χ2n) is 5.77. The number of anilines is 1. The first-order chi connectivity index (χ1) is 14.0. The molecule has 0 fully saturated rings. The number of alkyl halides is 3. The first-order valence-corrected chi connectivity index (χ1v) is 8.77. The van der Waals surface area contributed by atoms with Gasteiger partial charge in [-0.25, -0.2) is 0 Å². The second kappa shape index (κ2) is 9.52. The molecule has 30 heavy (non-hydrogen) atoms. The van der Waals surface area contributed by atoms with E-state index in [1.165, 1.54) is 18.2 Å². The van der Waals surface area contributed by atoms with Crippen LogP contribution in [0.5, 0.6) is 5.75 Å². The number of amides is 2. The zero-order valence-corrected chi connectivity index (χ0v) is 16.4. The van der Waals surface area contributed by atoms with E-state index in [-0.39, 0.29) is 27.0 Å². The summed E-state index contributed by atoms with van der Waals surface area (Å²) < 4.78 is 43.4. The summed E-state index contributed by atoms with van der Waals surface area (Å²) in [5, 5.41) is 11.5.